The van der Waals surface area contributed by atoms with Gasteiger partial charge in [0, 0.05) is 88.6 Å². The highest BCUT2D eigenvalue weighted by atomic mass is 19.1. The molecule has 0 aliphatic carbocycles. The molecule has 3 fully saturated rings. The number of ether oxygens (including phenoxy) is 4. The Balaban J connectivity index is 0.957. The minimum Gasteiger partial charge on any atom is -0.479 e. The van der Waals surface area contributed by atoms with Gasteiger partial charge in [-0.3, -0.25) is 28.9 Å². The summed E-state index contributed by atoms with van der Waals surface area (Å²) >= 11 is 0. The summed E-state index contributed by atoms with van der Waals surface area (Å²) in [6, 6.07) is 15.2. The Morgan fingerprint density at radius 1 is 0.867 bits per heavy atom. The first kappa shape index (κ1) is 61.3. The zero-order chi connectivity index (χ0) is 59.5. The predicted octanol–water partition coefficient (Wildman–Crippen LogP) is 3.36. The van der Waals surface area contributed by atoms with Crippen LogP contribution in [0.1, 0.15) is 74.9 Å². The Bertz CT molecular complexity index is 3000. The van der Waals surface area contributed by atoms with E-state index in [4.69, 9.17) is 23.9 Å². The average molecular weight is 1160 g/mol. The number of aliphatic carboxylic acids is 1. The minimum atomic E-state index is -2.03. The molecule has 0 spiro atoms. The molecule has 4 aliphatic heterocycles. The van der Waals surface area contributed by atoms with Gasteiger partial charge in [0.05, 0.1) is 24.0 Å². The van der Waals surface area contributed by atoms with Crippen LogP contribution < -0.4 is 15.4 Å². The number of amides is 6. The van der Waals surface area contributed by atoms with Crippen LogP contribution in [0.2, 0.25) is 0 Å². The van der Waals surface area contributed by atoms with Gasteiger partial charge in [-0.2, -0.15) is 0 Å². The molecule has 4 aromatic rings. The molecule has 6 amide bonds. The van der Waals surface area contributed by atoms with E-state index >= 15 is 8.78 Å². The van der Waals surface area contributed by atoms with Gasteiger partial charge in [-0.25, -0.2) is 27.7 Å². The van der Waals surface area contributed by atoms with Gasteiger partial charge >= 0.3 is 12.1 Å². The number of nitrogens with one attached hydrogen (secondary N) is 2. The standard InChI is InChI=1S/C57H66F3N7O16/c1-32(68)54(76)67(48(35-18-22-80-23-19-35)53-63-42(38-25-37(58)12-13-39(38)59)30-64(53)26-33-8-4-2-5-9-33)28-36-27-65(29-40(36)60)57(79)81-31-34-11-14-43(82-56-51(75)49(73)50(74)52(83-56)55(77)78)41(24-34)62-45(70)17-20-61-44(69)10-6-3-7-21-66-46(71)15-16-47(66)72/h2,4-5,8-9,11-16,24-25,30,32,35-36,40,48-52,56,68,73-75H,3,6-7,10,17-23,26-29,31H2,1H3,(H,61,69)(H,62,70)(H,77,78). The zero-order valence-electron chi connectivity index (χ0n) is 45.3. The van der Waals surface area contributed by atoms with Crippen molar-refractivity contribution in [3.8, 4) is 17.0 Å². The molecule has 0 saturated carbocycles. The number of carbonyl (C=O) groups excluding carboxylic acids is 6. The molecule has 83 heavy (non-hydrogen) atoms. The molecule has 4 aliphatic rings. The highest BCUT2D eigenvalue weighted by Gasteiger charge is 2.49. The van der Waals surface area contributed by atoms with E-state index in [1.165, 1.54) is 42.2 Å². The molecule has 446 valence electrons. The lowest BCUT2D eigenvalue weighted by Gasteiger charge is -2.40. The zero-order valence-corrected chi connectivity index (χ0v) is 45.3. The highest BCUT2D eigenvalue weighted by Crippen LogP contribution is 2.39. The van der Waals surface area contributed by atoms with E-state index < -0.39 is 115 Å². The normalized spacial score (nSPS) is 22.5. The second-order valence-corrected chi connectivity index (χ2v) is 20.8. The van der Waals surface area contributed by atoms with Crippen LogP contribution in [-0.2, 0) is 56.1 Å². The van der Waals surface area contributed by atoms with Gasteiger partial charge < -0.3 is 69.5 Å². The summed E-state index contributed by atoms with van der Waals surface area (Å²) in [5, 5.41) is 57.1. The Morgan fingerprint density at radius 3 is 2.31 bits per heavy atom. The molecule has 9 unspecified atom stereocenters. The van der Waals surface area contributed by atoms with E-state index in [0.717, 1.165) is 33.6 Å². The summed E-state index contributed by atoms with van der Waals surface area (Å²) < 4.78 is 70.6. The number of rotatable bonds is 24. The Hall–Kier alpha value is -7.75. The lowest BCUT2D eigenvalue weighted by Crippen LogP contribution is -2.61. The second kappa shape index (κ2) is 28.0. The van der Waals surface area contributed by atoms with Crippen LogP contribution in [0.5, 0.6) is 5.75 Å². The Kier molecular flexibility index (Phi) is 20.7. The van der Waals surface area contributed by atoms with Crippen LogP contribution in [0.15, 0.2) is 85.1 Å². The maximum Gasteiger partial charge on any atom is 0.410 e. The van der Waals surface area contributed by atoms with E-state index in [1.54, 1.807) is 10.8 Å². The number of aliphatic hydroxyl groups excluding tert-OH is 4. The van der Waals surface area contributed by atoms with Crippen molar-refractivity contribution in [2.75, 3.05) is 51.3 Å². The first-order chi connectivity index (χ1) is 39.8. The van der Waals surface area contributed by atoms with E-state index in [2.05, 4.69) is 10.6 Å². The fourth-order valence-corrected chi connectivity index (χ4v) is 10.4. The predicted molar refractivity (Wildman–Crippen MR) is 285 cm³/mol. The topological polar surface area (TPSA) is 309 Å². The number of aromatic nitrogens is 2. The van der Waals surface area contributed by atoms with Crippen molar-refractivity contribution in [1.82, 2.24) is 29.6 Å². The lowest BCUT2D eigenvalue weighted by atomic mass is 9.88. The third-order valence-corrected chi connectivity index (χ3v) is 14.8. The van der Waals surface area contributed by atoms with E-state index in [0.29, 0.717) is 45.3 Å². The lowest BCUT2D eigenvalue weighted by molar-refractivity contribution is -0.271. The smallest absolute Gasteiger partial charge is 0.410 e. The summed E-state index contributed by atoms with van der Waals surface area (Å²) in [7, 11) is 0. The fourth-order valence-electron chi connectivity index (χ4n) is 10.4. The summed E-state index contributed by atoms with van der Waals surface area (Å²) in [6.07, 6.45) is -8.18. The number of unbranched alkanes of at least 4 members (excludes halogenated alkanes) is 2. The number of likely N-dealkylation sites (tertiary alicyclic amines) is 1. The number of halogens is 3. The van der Waals surface area contributed by atoms with Gasteiger partial charge in [0.15, 0.2) is 6.10 Å². The molecule has 3 saturated heterocycles. The molecule has 3 aromatic carbocycles. The second-order valence-electron chi connectivity index (χ2n) is 20.8. The van der Waals surface area contributed by atoms with Crippen LogP contribution in [-0.4, -0.2) is 180 Å². The van der Waals surface area contributed by atoms with E-state index in [-0.39, 0.29) is 91.5 Å². The van der Waals surface area contributed by atoms with Crippen LogP contribution in [0, 0.1) is 23.5 Å². The molecular formula is C57H66F3N7O16. The molecule has 9 atom stereocenters. The molecule has 26 heteroatoms. The van der Waals surface area contributed by atoms with Crippen LogP contribution in [0.25, 0.3) is 11.3 Å². The van der Waals surface area contributed by atoms with Crippen LogP contribution in [0.3, 0.4) is 0 Å². The van der Waals surface area contributed by atoms with Gasteiger partial charge in [-0.05, 0) is 80.0 Å². The molecule has 7 N–H and O–H groups in total. The molecule has 0 radical (unpaired) electrons. The average Bonchev–Trinajstić information content (AvgIpc) is 4.30. The molecular weight excluding hydrogens is 1100 g/mol. The number of hydrogen-bond donors (Lipinski definition) is 7. The summed E-state index contributed by atoms with van der Waals surface area (Å²) in [5.74, 6) is -7.11. The van der Waals surface area contributed by atoms with Crippen molar-refractivity contribution in [3.05, 3.63) is 114 Å². The van der Waals surface area contributed by atoms with Crippen molar-refractivity contribution >= 4 is 47.3 Å². The number of anilines is 1. The van der Waals surface area contributed by atoms with Gasteiger partial charge in [0.2, 0.25) is 18.1 Å². The molecule has 23 nitrogen and oxygen atoms in total. The van der Waals surface area contributed by atoms with Crippen molar-refractivity contribution in [2.24, 2.45) is 11.8 Å². The number of hydrogen-bond acceptors (Lipinski definition) is 16. The van der Waals surface area contributed by atoms with Gasteiger partial charge in [-0.1, -0.05) is 42.8 Å². The largest absolute Gasteiger partial charge is 0.479 e. The number of carboxylic acids is 1. The maximum absolute atomic E-state index is 16.5. The van der Waals surface area contributed by atoms with E-state index in [9.17, 15) is 63.5 Å². The van der Waals surface area contributed by atoms with Gasteiger partial charge in [-0.15, -0.1) is 0 Å². The van der Waals surface area contributed by atoms with Gasteiger partial charge in [0.1, 0.15) is 60.4 Å². The molecule has 1 aromatic heterocycles. The first-order valence-corrected chi connectivity index (χ1v) is 27.3. The fraction of sp³-hybridized carbons (Fsp3) is 0.474. The summed E-state index contributed by atoms with van der Waals surface area (Å²) in [4.78, 5) is 97.9. The maximum atomic E-state index is 16.5. The van der Waals surface area contributed by atoms with Crippen molar-refractivity contribution in [2.45, 2.75) is 114 Å². The summed E-state index contributed by atoms with van der Waals surface area (Å²) in [5.41, 5.74) is 0.846. The number of alkyl halides is 1. The quantitative estimate of drug-likeness (QED) is 0.0391. The number of imide groups is 1. The SMILES string of the molecule is CC(O)C(=O)N(CC1CN(C(=O)OCc2ccc(OC3OC(C(=O)O)C(O)C(O)C3O)c(NC(=O)CCNC(=O)CCCCCN3C(=O)C=CC3=O)c2)CC1F)C(c1nc(-c2cc(F)ccc2F)cn1Cc1ccccc1)C1CCOCC1. The monoisotopic (exact) mass is 1160 g/mol. The summed E-state index contributed by atoms with van der Waals surface area (Å²) in [6.45, 7) is 0.648. The van der Waals surface area contributed by atoms with Crippen LogP contribution in [0.4, 0.5) is 23.7 Å². The third kappa shape index (κ3) is 15.5. The van der Waals surface area contributed by atoms with Crippen molar-refractivity contribution in [1.29, 1.82) is 0 Å². The molecule has 8 rings (SSSR count). The molecule has 0 bridgehead atoms. The van der Waals surface area contributed by atoms with Gasteiger partial charge in [0.25, 0.3) is 17.7 Å². The number of carbonyl (C=O) groups is 7. The van der Waals surface area contributed by atoms with Crippen molar-refractivity contribution in [3.63, 3.8) is 0 Å². The number of aliphatic hydroxyl groups is 4. The Labute approximate surface area is 474 Å². The number of benzene rings is 3. The third-order valence-electron chi connectivity index (χ3n) is 14.8. The highest BCUT2D eigenvalue weighted by molar-refractivity contribution is 6.12. The van der Waals surface area contributed by atoms with Crippen molar-refractivity contribution < 1.29 is 91.2 Å². The number of imidazole rings is 1. The first-order valence-electron chi connectivity index (χ1n) is 27.3. The number of nitrogens with zero attached hydrogens (tertiary/aromatic N) is 5. The molecule has 5 heterocycles. The van der Waals surface area contributed by atoms with Crippen LogP contribution >= 0.6 is 0 Å². The number of carboxylic acid groups (broad SMARTS) is 1. The Morgan fingerprint density at radius 2 is 1.60 bits per heavy atom. The minimum absolute atomic E-state index is 0.0741. The van der Waals surface area contributed by atoms with E-state index in [1.807, 2.05) is 30.3 Å².